The number of allylic oxidation sites excluding steroid dienone is 1. The average molecular weight is 346 g/mol. The zero-order chi connectivity index (χ0) is 18.5. The van der Waals surface area contributed by atoms with Crippen LogP contribution in [0.25, 0.3) is 0 Å². The summed E-state index contributed by atoms with van der Waals surface area (Å²) in [5, 5.41) is 10.7. The third-order valence-electron chi connectivity index (χ3n) is 6.30. The van der Waals surface area contributed by atoms with E-state index < -0.39 is 35.7 Å². The Morgan fingerprint density at radius 2 is 2.12 bits per heavy atom. The summed E-state index contributed by atoms with van der Waals surface area (Å²) in [7, 11) is 0. The van der Waals surface area contributed by atoms with Gasteiger partial charge >= 0.3 is 11.9 Å². The van der Waals surface area contributed by atoms with Gasteiger partial charge in [0.15, 0.2) is 0 Å². The van der Waals surface area contributed by atoms with Gasteiger partial charge in [0.1, 0.15) is 12.2 Å². The lowest BCUT2D eigenvalue weighted by atomic mass is 9.53. The summed E-state index contributed by atoms with van der Waals surface area (Å²) >= 11 is 0. The molecular weight excluding hydrogens is 320 g/mol. The van der Waals surface area contributed by atoms with Gasteiger partial charge in [-0.3, -0.25) is 0 Å². The largest absolute Gasteiger partial charge is 0.458 e. The Bertz CT molecular complexity index is 676. The van der Waals surface area contributed by atoms with Crippen LogP contribution in [0, 0.1) is 17.3 Å². The number of carbonyl (C=O) groups is 2. The molecule has 1 N–H and O–H groups in total. The molecule has 0 aromatic carbocycles. The fourth-order valence-electron chi connectivity index (χ4n) is 4.69. The third kappa shape index (κ3) is 2.65. The fourth-order valence-corrected chi connectivity index (χ4v) is 4.69. The Balaban J connectivity index is 1.99. The molecule has 3 aliphatic rings. The first kappa shape index (κ1) is 17.9. The minimum atomic E-state index is -0.555. The Hall–Kier alpha value is -1.88. The van der Waals surface area contributed by atoms with Crippen LogP contribution in [0.3, 0.4) is 0 Å². The summed E-state index contributed by atoms with van der Waals surface area (Å²) in [6, 6.07) is 0. The second-order valence-electron chi connectivity index (χ2n) is 7.74. The van der Waals surface area contributed by atoms with Gasteiger partial charge < -0.3 is 14.6 Å². The van der Waals surface area contributed by atoms with Crippen molar-refractivity contribution in [2.75, 3.05) is 0 Å². The van der Waals surface area contributed by atoms with Gasteiger partial charge in [-0.05, 0) is 33.1 Å². The molecule has 1 heterocycles. The van der Waals surface area contributed by atoms with E-state index in [1.165, 1.54) is 0 Å². The number of esters is 2. The van der Waals surface area contributed by atoms with Gasteiger partial charge in [0, 0.05) is 22.5 Å². The fraction of sp³-hybridized carbons (Fsp3) is 0.600. The number of aliphatic hydroxyl groups excluding tert-OH is 1. The van der Waals surface area contributed by atoms with Crippen molar-refractivity contribution in [3.05, 3.63) is 36.0 Å². The van der Waals surface area contributed by atoms with Gasteiger partial charge in [-0.1, -0.05) is 31.7 Å². The highest BCUT2D eigenvalue weighted by Crippen LogP contribution is 2.57. The van der Waals surface area contributed by atoms with Crippen molar-refractivity contribution in [2.45, 2.75) is 58.3 Å². The van der Waals surface area contributed by atoms with Gasteiger partial charge in [0.05, 0.1) is 12.0 Å². The van der Waals surface area contributed by atoms with Crippen molar-refractivity contribution < 1.29 is 24.2 Å². The molecule has 1 aliphatic heterocycles. The normalized spacial score (nSPS) is 41.0. The van der Waals surface area contributed by atoms with E-state index in [-0.39, 0.29) is 11.8 Å². The SMILES string of the molecule is C=C1C(=O)O[C@H]2[C@H]1[C@H](OC(=O)/C(C)=C/C)C[C@@]1(C)[C@H](O)CCC(=C)[C@H]21. The van der Waals surface area contributed by atoms with Crippen LogP contribution in [-0.4, -0.2) is 35.4 Å². The standard InChI is InChI=1S/C20H26O5/c1-6-10(2)18(22)24-13-9-20(5)14(21)8-7-11(3)16(20)17-15(13)12(4)19(23)25-17/h6,13-17,21H,3-4,7-9H2,1-2,5H3/b10-6+/t13-,14-,15-,16-,17+,20+/m1/s1. The maximum absolute atomic E-state index is 12.3. The molecule has 3 rings (SSSR count). The minimum Gasteiger partial charge on any atom is -0.458 e. The monoisotopic (exact) mass is 346 g/mol. The molecule has 0 aromatic heterocycles. The Labute approximate surface area is 148 Å². The first-order chi connectivity index (χ1) is 11.7. The zero-order valence-electron chi connectivity index (χ0n) is 15.1. The van der Waals surface area contributed by atoms with Crippen LogP contribution in [-0.2, 0) is 19.1 Å². The van der Waals surface area contributed by atoms with Crippen molar-refractivity contribution in [1.82, 2.24) is 0 Å². The topological polar surface area (TPSA) is 72.8 Å². The maximum atomic E-state index is 12.3. The van der Waals surface area contributed by atoms with Gasteiger partial charge in [0.2, 0.25) is 0 Å². The molecule has 25 heavy (non-hydrogen) atoms. The van der Waals surface area contributed by atoms with Crippen LogP contribution in [0.2, 0.25) is 0 Å². The van der Waals surface area contributed by atoms with Crippen LogP contribution >= 0.6 is 0 Å². The van der Waals surface area contributed by atoms with Gasteiger partial charge in [-0.2, -0.15) is 0 Å². The van der Waals surface area contributed by atoms with E-state index in [0.717, 1.165) is 5.57 Å². The molecule has 0 aromatic rings. The summed E-state index contributed by atoms with van der Waals surface area (Å²) < 4.78 is 11.3. The van der Waals surface area contributed by atoms with Crippen molar-refractivity contribution in [3.8, 4) is 0 Å². The van der Waals surface area contributed by atoms with Crippen molar-refractivity contribution >= 4 is 11.9 Å². The average Bonchev–Trinajstić information content (AvgIpc) is 2.85. The van der Waals surface area contributed by atoms with Crippen LogP contribution in [0.1, 0.15) is 40.0 Å². The third-order valence-corrected chi connectivity index (χ3v) is 6.30. The quantitative estimate of drug-likeness (QED) is 0.473. The molecule has 0 spiro atoms. The Morgan fingerprint density at radius 1 is 1.44 bits per heavy atom. The number of rotatable bonds is 2. The zero-order valence-corrected chi connectivity index (χ0v) is 15.1. The molecule has 3 fully saturated rings. The molecule has 0 radical (unpaired) electrons. The van der Waals surface area contributed by atoms with Gasteiger partial charge in [-0.25, -0.2) is 9.59 Å². The minimum absolute atomic E-state index is 0.151. The second kappa shape index (κ2) is 6.13. The summed E-state index contributed by atoms with van der Waals surface area (Å²) in [5.74, 6) is -1.40. The smallest absolute Gasteiger partial charge is 0.334 e. The summed E-state index contributed by atoms with van der Waals surface area (Å²) in [6.45, 7) is 13.5. The lowest BCUT2D eigenvalue weighted by molar-refractivity contribution is -0.175. The highest BCUT2D eigenvalue weighted by Gasteiger charge is 2.62. The molecule has 0 unspecified atom stereocenters. The summed E-state index contributed by atoms with van der Waals surface area (Å²) in [6.07, 6.45) is 1.88. The lowest BCUT2D eigenvalue weighted by Gasteiger charge is -2.54. The molecule has 1 saturated heterocycles. The number of hydrogen-bond donors (Lipinski definition) is 1. The van der Waals surface area contributed by atoms with Gasteiger partial charge in [-0.15, -0.1) is 0 Å². The highest BCUT2D eigenvalue weighted by atomic mass is 16.6. The first-order valence-corrected chi connectivity index (χ1v) is 8.80. The van der Waals surface area contributed by atoms with Crippen molar-refractivity contribution in [1.29, 1.82) is 0 Å². The predicted octanol–water partition coefficient (Wildman–Crippen LogP) is 2.70. The van der Waals surface area contributed by atoms with Crippen molar-refractivity contribution in [3.63, 3.8) is 0 Å². The van der Waals surface area contributed by atoms with E-state index in [1.807, 2.05) is 6.92 Å². The van der Waals surface area contributed by atoms with E-state index in [9.17, 15) is 14.7 Å². The van der Waals surface area contributed by atoms with E-state index in [4.69, 9.17) is 9.47 Å². The summed E-state index contributed by atoms with van der Waals surface area (Å²) in [5.41, 5.74) is 1.29. The lowest BCUT2D eigenvalue weighted by Crippen LogP contribution is -2.58. The Morgan fingerprint density at radius 3 is 2.76 bits per heavy atom. The van der Waals surface area contributed by atoms with E-state index >= 15 is 0 Å². The molecule has 136 valence electrons. The number of fused-ring (bicyclic) bond motifs is 3. The van der Waals surface area contributed by atoms with Crippen LogP contribution < -0.4 is 0 Å². The number of hydrogen-bond acceptors (Lipinski definition) is 5. The van der Waals surface area contributed by atoms with E-state index in [0.29, 0.717) is 30.4 Å². The predicted molar refractivity (Wildman–Crippen MR) is 92.4 cm³/mol. The van der Waals surface area contributed by atoms with Crippen LogP contribution in [0.4, 0.5) is 0 Å². The molecule has 2 aliphatic carbocycles. The van der Waals surface area contributed by atoms with E-state index in [2.05, 4.69) is 13.2 Å². The second-order valence-corrected chi connectivity index (χ2v) is 7.74. The molecule has 6 atom stereocenters. The number of aliphatic hydroxyl groups is 1. The molecule has 5 heteroatoms. The van der Waals surface area contributed by atoms with Crippen molar-refractivity contribution in [2.24, 2.45) is 17.3 Å². The van der Waals surface area contributed by atoms with Crippen LogP contribution in [0.5, 0.6) is 0 Å². The van der Waals surface area contributed by atoms with E-state index in [1.54, 1.807) is 19.9 Å². The number of ether oxygens (including phenoxy) is 2. The molecule has 0 bridgehead atoms. The first-order valence-electron chi connectivity index (χ1n) is 8.80. The molecule has 5 nitrogen and oxygen atoms in total. The number of carbonyl (C=O) groups excluding carboxylic acids is 2. The molecule has 0 amide bonds. The molecule has 2 saturated carbocycles. The van der Waals surface area contributed by atoms with Crippen LogP contribution in [0.15, 0.2) is 36.0 Å². The Kier molecular flexibility index (Phi) is 4.40. The summed E-state index contributed by atoms with van der Waals surface area (Å²) in [4.78, 5) is 24.5. The highest BCUT2D eigenvalue weighted by molar-refractivity contribution is 5.92. The van der Waals surface area contributed by atoms with Gasteiger partial charge in [0.25, 0.3) is 0 Å². The molecular formula is C20H26O5. The maximum Gasteiger partial charge on any atom is 0.334 e.